The van der Waals surface area contributed by atoms with Crippen LogP contribution in [0.2, 0.25) is 0 Å². The van der Waals surface area contributed by atoms with E-state index in [4.69, 9.17) is 4.74 Å². The minimum Gasteiger partial charge on any atom is -0.493 e. The van der Waals surface area contributed by atoms with Crippen LogP contribution in [0, 0.1) is 13.8 Å². The Balaban J connectivity index is 1.60. The van der Waals surface area contributed by atoms with Crippen molar-refractivity contribution in [1.29, 1.82) is 0 Å². The molecule has 0 fully saturated rings. The van der Waals surface area contributed by atoms with Gasteiger partial charge in [0.1, 0.15) is 12.1 Å². The molecule has 0 bridgehead atoms. The first-order valence-electron chi connectivity index (χ1n) is 7.96. The van der Waals surface area contributed by atoms with E-state index in [1.165, 1.54) is 6.33 Å². The summed E-state index contributed by atoms with van der Waals surface area (Å²) in [6, 6.07) is 13.3. The average molecular weight is 337 g/mol. The van der Waals surface area contributed by atoms with Crippen molar-refractivity contribution in [3.05, 3.63) is 59.9 Å². The zero-order chi connectivity index (χ0) is 17.6. The van der Waals surface area contributed by atoms with Crippen molar-refractivity contribution >= 4 is 11.6 Å². The third kappa shape index (κ3) is 4.00. The molecule has 0 atom stereocenters. The fraction of sp³-hybridized carbons (Fsp3) is 0.222. The maximum Gasteiger partial charge on any atom is 0.227 e. The molecule has 1 N–H and O–H groups in total. The van der Waals surface area contributed by atoms with Gasteiger partial charge in [-0.2, -0.15) is 0 Å². The molecule has 0 saturated heterocycles. The summed E-state index contributed by atoms with van der Waals surface area (Å²) >= 11 is 0. The Kier molecular flexibility index (Phi) is 5.03. The number of anilines is 1. The smallest absolute Gasteiger partial charge is 0.227 e. The van der Waals surface area contributed by atoms with E-state index >= 15 is 0 Å². The van der Waals surface area contributed by atoms with E-state index in [1.807, 2.05) is 56.3 Å². The molecule has 1 aromatic heterocycles. The first-order chi connectivity index (χ1) is 12.1. The van der Waals surface area contributed by atoms with Crippen LogP contribution in [0.4, 0.5) is 5.69 Å². The number of aromatic nitrogens is 4. The van der Waals surface area contributed by atoms with Crippen LogP contribution in [-0.4, -0.2) is 32.7 Å². The number of tetrazole rings is 1. The summed E-state index contributed by atoms with van der Waals surface area (Å²) in [6.07, 6.45) is 1.78. The highest BCUT2D eigenvalue weighted by atomic mass is 16.5. The van der Waals surface area contributed by atoms with Crippen molar-refractivity contribution in [3.63, 3.8) is 0 Å². The molecule has 128 valence electrons. The highest BCUT2D eigenvalue weighted by Crippen LogP contribution is 2.21. The zero-order valence-electron chi connectivity index (χ0n) is 14.1. The lowest BCUT2D eigenvalue weighted by molar-refractivity contribution is -0.116. The SMILES string of the molecule is Cc1ccccc1OCCC(=O)Nc1cccc(-n2cnnn2)c1C. The Hall–Kier alpha value is -3.22. The summed E-state index contributed by atoms with van der Waals surface area (Å²) < 4.78 is 7.23. The highest BCUT2D eigenvalue weighted by Gasteiger charge is 2.10. The standard InChI is InChI=1S/C18H19N5O2/c1-13-6-3-4-9-17(13)25-11-10-18(24)20-15-7-5-8-16(14(15)2)23-12-19-21-22-23/h3-9,12H,10-11H2,1-2H3,(H,20,24). The molecule has 0 aliphatic rings. The molecule has 0 saturated carbocycles. The number of nitrogens with one attached hydrogen (secondary N) is 1. The van der Waals surface area contributed by atoms with Crippen LogP contribution in [0.25, 0.3) is 5.69 Å². The molecule has 3 rings (SSSR count). The quantitative estimate of drug-likeness (QED) is 0.748. The third-order valence-electron chi connectivity index (χ3n) is 3.86. The van der Waals surface area contributed by atoms with E-state index in [9.17, 15) is 4.79 Å². The topological polar surface area (TPSA) is 81.9 Å². The predicted octanol–water partition coefficient (Wildman–Crippen LogP) is 2.69. The van der Waals surface area contributed by atoms with E-state index in [0.717, 1.165) is 28.3 Å². The zero-order valence-corrected chi connectivity index (χ0v) is 14.1. The molecule has 2 aromatic carbocycles. The predicted molar refractivity (Wildman–Crippen MR) is 93.8 cm³/mol. The summed E-state index contributed by atoms with van der Waals surface area (Å²) in [5.41, 5.74) is 3.49. The lowest BCUT2D eigenvalue weighted by atomic mass is 10.1. The monoisotopic (exact) mass is 337 g/mol. The minimum atomic E-state index is -0.106. The normalized spacial score (nSPS) is 10.5. The molecule has 0 spiro atoms. The van der Waals surface area contributed by atoms with Gasteiger partial charge in [-0.1, -0.05) is 24.3 Å². The van der Waals surface area contributed by atoms with Crippen molar-refractivity contribution in [2.75, 3.05) is 11.9 Å². The van der Waals surface area contributed by atoms with Crippen LogP contribution < -0.4 is 10.1 Å². The number of rotatable bonds is 6. The molecular weight excluding hydrogens is 318 g/mol. The van der Waals surface area contributed by atoms with Crippen molar-refractivity contribution < 1.29 is 9.53 Å². The molecule has 3 aromatic rings. The van der Waals surface area contributed by atoms with Gasteiger partial charge in [0.15, 0.2) is 0 Å². The summed E-state index contributed by atoms with van der Waals surface area (Å²) in [7, 11) is 0. The number of hydrogen-bond donors (Lipinski definition) is 1. The summed E-state index contributed by atoms with van der Waals surface area (Å²) in [6.45, 7) is 4.21. The van der Waals surface area contributed by atoms with Gasteiger partial charge in [0, 0.05) is 5.69 Å². The molecule has 25 heavy (non-hydrogen) atoms. The Bertz CT molecular complexity index is 862. The first kappa shape index (κ1) is 16.6. The largest absolute Gasteiger partial charge is 0.493 e. The lowest BCUT2D eigenvalue weighted by Gasteiger charge is -2.12. The van der Waals surface area contributed by atoms with Gasteiger partial charge >= 0.3 is 0 Å². The van der Waals surface area contributed by atoms with Crippen LogP contribution in [0.15, 0.2) is 48.8 Å². The Morgan fingerprint density at radius 2 is 2.00 bits per heavy atom. The fourth-order valence-corrected chi connectivity index (χ4v) is 2.46. The van der Waals surface area contributed by atoms with Gasteiger partial charge in [-0.15, -0.1) is 5.10 Å². The number of para-hydroxylation sites is 1. The van der Waals surface area contributed by atoms with E-state index in [1.54, 1.807) is 4.68 Å². The molecule has 0 unspecified atom stereocenters. The van der Waals surface area contributed by atoms with Crippen molar-refractivity contribution in [2.45, 2.75) is 20.3 Å². The van der Waals surface area contributed by atoms with Gasteiger partial charge in [0.05, 0.1) is 18.7 Å². The van der Waals surface area contributed by atoms with Crippen molar-refractivity contribution in [3.8, 4) is 11.4 Å². The molecule has 7 nitrogen and oxygen atoms in total. The molecule has 7 heteroatoms. The van der Waals surface area contributed by atoms with Gasteiger partial charge in [0.2, 0.25) is 5.91 Å². The summed E-state index contributed by atoms with van der Waals surface area (Å²) in [5.74, 6) is 0.692. The van der Waals surface area contributed by atoms with E-state index < -0.39 is 0 Å². The maximum atomic E-state index is 12.2. The number of carbonyl (C=O) groups is 1. The molecule has 0 radical (unpaired) electrons. The molecule has 1 heterocycles. The fourth-order valence-electron chi connectivity index (χ4n) is 2.46. The first-order valence-corrected chi connectivity index (χ1v) is 7.96. The Morgan fingerprint density at radius 3 is 2.76 bits per heavy atom. The second-order valence-electron chi connectivity index (χ2n) is 5.62. The highest BCUT2D eigenvalue weighted by molar-refractivity contribution is 5.92. The third-order valence-corrected chi connectivity index (χ3v) is 3.86. The van der Waals surface area contributed by atoms with E-state index in [2.05, 4.69) is 20.8 Å². The molecular formula is C18H19N5O2. The number of carbonyl (C=O) groups excluding carboxylic acids is 1. The Morgan fingerprint density at radius 1 is 1.16 bits per heavy atom. The molecule has 0 aliphatic carbocycles. The van der Waals surface area contributed by atoms with Crippen LogP contribution in [-0.2, 0) is 4.79 Å². The van der Waals surface area contributed by atoms with Gasteiger partial charge < -0.3 is 10.1 Å². The number of benzene rings is 2. The van der Waals surface area contributed by atoms with Crippen LogP contribution >= 0.6 is 0 Å². The second-order valence-corrected chi connectivity index (χ2v) is 5.62. The van der Waals surface area contributed by atoms with Gasteiger partial charge in [-0.05, 0) is 53.6 Å². The van der Waals surface area contributed by atoms with Crippen molar-refractivity contribution in [2.24, 2.45) is 0 Å². The number of ether oxygens (including phenoxy) is 1. The summed E-state index contributed by atoms with van der Waals surface area (Å²) in [5, 5.41) is 14.1. The average Bonchev–Trinajstić information content (AvgIpc) is 3.13. The number of hydrogen-bond acceptors (Lipinski definition) is 5. The maximum absolute atomic E-state index is 12.2. The lowest BCUT2D eigenvalue weighted by Crippen LogP contribution is -2.16. The Labute approximate surface area is 145 Å². The molecule has 1 amide bonds. The summed E-state index contributed by atoms with van der Waals surface area (Å²) in [4.78, 5) is 12.2. The van der Waals surface area contributed by atoms with Crippen LogP contribution in [0.5, 0.6) is 5.75 Å². The van der Waals surface area contributed by atoms with E-state index in [-0.39, 0.29) is 12.3 Å². The number of amides is 1. The van der Waals surface area contributed by atoms with Gasteiger partial charge in [-0.25, -0.2) is 4.68 Å². The number of nitrogens with zero attached hydrogens (tertiary/aromatic N) is 4. The number of aryl methyl sites for hydroxylation is 1. The van der Waals surface area contributed by atoms with Gasteiger partial charge in [0.25, 0.3) is 0 Å². The minimum absolute atomic E-state index is 0.106. The van der Waals surface area contributed by atoms with Gasteiger partial charge in [-0.3, -0.25) is 4.79 Å². The van der Waals surface area contributed by atoms with Crippen molar-refractivity contribution in [1.82, 2.24) is 20.2 Å². The van der Waals surface area contributed by atoms with Crippen LogP contribution in [0.3, 0.4) is 0 Å². The second kappa shape index (κ2) is 7.57. The van der Waals surface area contributed by atoms with E-state index in [0.29, 0.717) is 6.61 Å². The van der Waals surface area contributed by atoms with Crippen LogP contribution in [0.1, 0.15) is 17.5 Å². The molecule has 0 aliphatic heterocycles.